The molecule has 0 atom stereocenters. The maximum Gasteiger partial charge on any atom is 0.142 e. The molecule has 2 heterocycles. The quantitative estimate of drug-likeness (QED) is 0.735. The maximum atomic E-state index is 4.36. The van der Waals surface area contributed by atoms with Crippen molar-refractivity contribution in [3.8, 4) is 0 Å². The normalized spacial score (nSPS) is 14.7. The van der Waals surface area contributed by atoms with E-state index in [1.165, 1.54) is 11.1 Å². The molecular formula is C15H14N4. The molecule has 2 aromatic heterocycles. The number of aromatic nitrogens is 3. The van der Waals surface area contributed by atoms with Crippen molar-refractivity contribution in [2.45, 2.75) is 18.9 Å². The summed E-state index contributed by atoms with van der Waals surface area (Å²) in [6.07, 6.45) is 5.62. The summed E-state index contributed by atoms with van der Waals surface area (Å²) < 4.78 is 0. The third kappa shape index (κ3) is 1.76. The molecule has 4 heteroatoms. The lowest BCUT2D eigenvalue weighted by Crippen LogP contribution is -2.20. The highest BCUT2D eigenvalue weighted by atomic mass is 15.1. The van der Waals surface area contributed by atoms with Crippen molar-refractivity contribution >= 4 is 16.9 Å². The van der Waals surface area contributed by atoms with Crippen LogP contribution in [0.5, 0.6) is 0 Å². The molecule has 2 N–H and O–H groups in total. The summed E-state index contributed by atoms with van der Waals surface area (Å²) in [6.45, 7) is 0. The summed E-state index contributed by atoms with van der Waals surface area (Å²) >= 11 is 0. The molecule has 0 unspecified atom stereocenters. The molecule has 4 rings (SSSR count). The van der Waals surface area contributed by atoms with Crippen LogP contribution in [0.4, 0.5) is 5.82 Å². The molecule has 1 aliphatic rings. The molecule has 3 aromatic rings. The summed E-state index contributed by atoms with van der Waals surface area (Å²) in [5.41, 5.74) is 3.77. The van der Waals surface area contributed by atoms with E-state index in [9.17, 15) is 0 Å². The lowest BCUT2D eigenvalue weighted by Gasteiger charge is -2.13. The monoisotopic (exact) mass is 250 g/mol. The first-order chi connectivity index (χ1) is 9.40. The molecule has 0 saturated heterocycles. The SMILES string of the molecule is c1ccc2c(c1)CC(Nc1ncnc3[nH]ccc13)C2. The fourth-order valence-corrected chi connectivity index (χ4v) is 2.84. The van der Waals surface area contributed by atoms with E-state index < -0.39 is 0 Å². The van der Waals surface area contributed by atoms with Gasteiger partial charge in [0.15, 0.2) is 0 Å². The molecule has 0 saturated carbocycles. The predicted octanol–water partition coefficient (Wildman–Crippen LogP) is 2.54. The number of nitrogens with zero attached hydrogens (tertiary/aromatic N) is 2. The number of hydrogen-bond donors (Lipinski definition) is 2. The van der Waals surface area contributed by atoms with Crippen molar-refractivity contribution in [3.05, 3.63) is 54.0 Å². The van der Waals surface area contributed by atoms with Gasteiger partial charge >= 0.3 is 0 Å². The number of H-pyrrole nitrogens is 1. The largest absolute Gasteiger partial charge is 0.366 e. The first-order valence-corrected chi connectivity index (χ1v) is 6.51. The van der Waals surface area contributed by atoms with Crippen LogP contribution < -0.4 is 5.32 Å². The van der Waals surface area contributed by atoms with Crippen molar-refractivity contribution in [3.63, 3.8) is 0 Å². The lowest BCUT2D eigenvalue weighted by atomic mass is 10.1. The van der Waals surface area contributed by atoms with E-state index in [1.54, 1.807) is 6.33 Å². The second-order valence-corrected chi connectivity index (χ2v) is 4.98. The van der Waals surface area contributed by atoms with Crippen molar-refractivity contribution in [1.29, 1.82) is 0 Å². The van der Waals surface area contributed by atoms with Gasteiger partial charge in [-0.25, -0.2) is 9.97 Å². The van der Waals surface area contributed by atoms with Crippen LogP contribution in [0.25, 0.3) is 11.0 Å². The van der Waals surface area contributed by atoms with Crippen molar-refractivity contribution in [2.24, 2.45) is 0 Å². The highest BCUT2D eigenvalue weighted by molar-refractivity contribution is 5.86. The van der Waals surface area contributed by atoms with Gasteiger partial charge in [0.25, 0.3) is 0 Å². The number of hydrogen-bond acceptors (Lipinski definition) is 3. The van der Waals surface area contributed by atoms with Crippen molar-refractivity contribution < 1.29 is 0 Å². The third-order valence-electron chi connectivity index (χ3n) is 3.75. The molecule has 0 spiro atoms. The Bertz CT molecular complexity index is 707. The van der Waals surface area contributed by atoms with Gasteiger partial charge in [0.2, 0.25) is 0 Å². The lowest BCUT2D eigenvalue weighted by molar-refractivity contribution is 0.770. The minimum absolute atomic E-state index is 0.422. The van der Waals surface area contributed by atoms with Gasteiger partial charge in [-0.3, -0.25) is 0 Å². The zero-order valence-electron chi connectivity index (χ0n) is 10.4. The Balaban J connectivity index is 1.62. The van der Waals surface area contributed by atoms with Gasteiger partial charge in [-0.15, -0.1) is 0 Å². The van der Waals surface area contributed by atoms with Crippen LogP contribution >= 0.6 is 0 Å². The molecule has 19 heavy (non-hydrogen) atoms. The van der Waals surface area contributed by atoms with Crippen LogP contribution in [0.2, 0.25) is 0 Å². The van der Waals surface area contributed by atoms with Crippen LogP contribution in [-0.2, 0) is 12.8 Å². The molecule has 94 valence electrons. The Labute approximate surface area is 110 Å². The minimum atomic E-state index is 0.422. The van der Waals surface area contributed by atoms with Gasteiger partial charge in [0.1, 0.15) is 17.8 Å². The minimum Gasteiger partial charge on any atom is -0.366 e. The fraction of sp³-hybridized carbons (Fsp3) is 0.200. The van der Waals surface area contributed by atoms with E-state index in [2.05, 4.69) is 44.5 Å². The van der Waals surface area contributed by atoms with Crippen LogP contribution in [-0.4, -0.2) is 21.0 Å². The summed E-state index contributed by atoms with van der Waals surface area (Å²) in [6, 6.07) is 11.1. The molecule has 1 aromatic carbocycles. The van der Waals surface area contributed by atoms with E-state index in [-0.39, 0.29) is 0 Å². The van der Waals surface area contributed by atoms with Crippen LogP contribution in [0.15, 0.2) is 42.9 Å². The second kappa shape index (κ2) is 4.09. The van der Waals surface area contributed by atoms with Gasteiger partial charge in [0.05, 0.1) is 5.39 Å². The summed E-state index contributed by atoms with van der Waals surface area (Å²) in [7, 11) is 0. The Kier molecular flexibility index (Phi) is 2.27. The van der Waals surface area contributed by atoms with Crippen molar-refractivity contribution in [1.82, 2.24) is 15.0 Å². The van der Waals surface area contributed by atoms with Crippen molar-refractivity contribution in [2.75, 3.05) is 5.32 Å². The zero-order valence-corrected chi connectivity index (χ0v) is 10.4. The van der Waals surface area contributed by atoms with E-state index in [1.807, 2.05) is 12.3 Å². The van der Waals surface area contributed by atoms with E-state index in [4.69, 9.17) is 0 Å². The standard InChI is InChI=1S/C15H14N4/c1-2-4-11-8-12(7-10(11)3-1)19-15-13-5-6-16-14(13)17-9-18-15/h1-6,9,12H,7-8H2,(H2,16,17,18,19). The van der Waals surface area contributed by atoms with Crippen LogP contribution in [0.3, 0.4) is 0 Å². The smallest absolute Gasteiger partial charge is 0.142 e. The summed E-state index contributed by atoms with van der Waals surface area (Å²) in [5, 5.41) is 4.60. The number of anilines is 1. The molecule has 1 aliphatic carbocycles. The van der Waals surface area contributed by atoms with Gasteiger partial charge < -0.3 is 10.3 Å². The average Bonchev–Trinajstić information content (AvgIpc) is 3.04. The van der Waals surface area contributed by atoms with E-state index in [0.29, 0.717) is 6.04 Å². The third-order valence-corrected chi connectivity index (χ3v) is 3.75. The number of fused-ring (bicyclic) bond motifs is 2. The highest BCUT2D eigenvalue weighted by Crippen LogP contribution is 2.26. The summed E-state index contributed by atoms with van der Waals surface area (Å²) in [4.78, 5) is 11.7. The average molecular weight is 250 g/mol. The summed E-state index contributed by atoms with van der Waals surface area (Å²) in [5.74, 6) is 0.920. The van der Waals surface area contributed by atoms with Gasteiger partial charge in [0, 0.05) is 12.2 Å². The van der Waals surface area contributed by atoms with Gasteiger partial charge in [-0.1, -0.05) is 24.3 Å². The molecule has 0 aliphatic heterocycles. The topological polar surface area (TPSA) is 53.6 Å². The van der Waals surface area contributed by atoms with Gasteiger partial charge in [-0.05, 0) is 30.0 Å². The Morgan fingerprint density at radius 1 is 1.05 bits per heavy atom. The number of rotatable bonds is 2. The molecular weight excluding hydrogens is 236 g/mol. The van der Waals surface area contributed by atoms with Crippen LogP contribution in [0.1, 0.15) is 11.1 Å². The van der Waals surface area contributed by atoms with E-state index in [0.717, 1.165) is 29.7 Å². The number of aromatic amines is 1. The number of benzene rings is 1. The fourth-order valence-electron chi connectivity index (χ4n) is 2.84. The predicted molar refractivity (Wildman–Crippen MR) is 75.1 cm³/mol. The zero-order chi connectivity index (χ0) is 12.7. The first-order valence-electron chi connectivity index (χ1n) is 6.51. The molecule has 0 amide bonds. The molecule has 0 radical (unpaired) electrons. The maximum absolute atomic E-state index is 4.36. The Morgan fingerprint density at radius 3 is 2.63 bits per heavy atom. The van der Waals surface area contributed by atoms with E-state index >= 15 is 0 Å². The Hall–Kier alpha value is -2.36. The van der Waals surface area contributed by atoms with Gasteiger partial charge in [-0.2, -0.15) is 0 Å². The second-order valence-electron chi connectivity index (χ2n) is 4.98. The highest BCUT2D eigenvalue weighted by Gasteiger charge is 2.21. The first kappa shape index (κ1) is 10.6. The number of nitrogens with one attached hydrogen (secondary N) is 2. The van der Waals surface area contributed by atoms with Crippen LogP contribution in [0, 0.1) is 0 Å². The Morgan fingerprint density at radius 2 is 1.84 bits per heavy atom. The molecule has 0 fully saturated rings. The molecule has 4 nitrogen and oxygen atoms in total. The molecule has 0 bridgehead atoms.